The fourth-order valence-electron chi connectivity index (χ4n) is 1.67. The van der Waals surface area contributed by atoms with E-state index in [0.717, 1.165) is 4.90 Å². The highest BCUT2D eigenvalue weighted by atomic mass is 35.5. The first-order chi connectivity index (χ1) is 9.95. The highest BCUT2D eigenvalue weighted by molar-refractivity contribution is 8.00. The number of benzene rings is 1. The maximum Gasteiger partial charge on any atom is 0.323 e. The number of carboxylic acid groups (broad SMARTS) is 1. The molecule has 0 aliphatic rings. The largest absolute Gasteiger partial charge is 0.480 e. The summed E-state index contributed by atoms with van der Waals surface area (Å²) in [5.41, 5.74) is 0. The van der Waals surface area contributed by atoms with Crippen LogP contribution in [0, 0.1) is 0 Å². The zero-order chi connectivity index (χ0) is 15.8. The first-order valence-electron chi connectivity index (χ1n) is 6.36. The van der Waals surface area contributed by atoms with Crippen LogP contribution < -0.4 is 0 Å². The summed E-state index contributed by atoms with van der Waals surface area (Å²) < 4.78 is 4.91. The van der Waals surface area contributed by atoms with E-state index in [9.17, 15) is 9.59 Å². The average Bonchev–Trinajstić information content (AvgIpc) is 2.44. The molecule has 1 aromatic rings. The number of hydrogen-bond donors (Lipinski definition) is 1. The predicted molar refractivity (Wildman–Crippen MR) is 82.9 cm³/mol. The second-order valence-corrected chi connectivity index (χ2v) is 6.13. The van der Waals surface area contributed by atoms with Gasteiger partial charge in [-0.2, -0.15) is 0 Å². The third-order valence-electron chi connectivity index (χ3n) is 2.69. The van der Waals surface area contributed by atoms with Crippen molar-refractivity contribution in [1.82, 2.24) is 4.90 Å². The van der Waals surface area contributed by atoms with Gasteiger partial charge in [-0.15, -0.1) is 11.8 Å². The number of carbonyl (C=O) groups is 2. The van der Waals surface area contributed by atoms with Gasteiger partial charge < -0.3 is 14.7 Å². The molecule has 0 radical (unpaired) electrons. The molecule has 0 bridgehead atoms. The molecule has 1 amide bonds. The van der Waals surface area contributed by atoms with Crippen LogP contribution in [0.5, 0.6) is 0 Å². The molecule has 0 heterocycles. The number of carboxylic acids is 1. The molecule has 0 saturated heterocycles. The van der Waals surface area contributed by atoms with Crippen LogP contribution in [-0.4, -0.2) is 53.9 Å². The number of halogens is 1. The number of methoxy groups -OCH3 is 1. The highest BCUT2D eigenvalue weighted by Crippen LogP contribution is 2.30. The van der Waals surface area contributed by atoms with E-state index in [4.69, 9.17) is 21.4 Å². The summed E-state index contributed by atoms with van der Waals surface area (Å²) >= 11 is 7.37. The minimum Gasteiger partial charge on any atom is -0.480 e. The van der Waals surface area contributed by atoms with Gasteiger partial charge in [0.25, 0.3) is 0 Å². The summed E-state index contributed by atoms with van der Waals surface area (Å²) in [6.07, 6.45) is 0. The lowest BCUT2D eigenvalue weighted by Gasteiger charge is -2.23. The lowest BCUT2D eigenvalue weighted by atomic mass is 10.3. The Morgan fingerprint density at radius 3 is 2.67 bits per heavy atom. The molecular formula is C14H18ClNO4S. The Balaban J connectivity index is 2.73. The monoisotopic (exact) mass is 331 g/mol. The van der Waals surface area contributed by atoms with E-state index >= 15 is 0 Å². The van der Waals surface area contributed by atoms with E-state index in [1.54, 1.807) is 13.0 Å². The van der Waals surface area contributed by atoms with Gasteiger partial charge in [-0.3, -0.25) is 9.59 Å². The van der Waals surface area contributed by atoms with Crippen molar-refractivity contribution in [2.75, 3.05) is 26.8 Å². The maximum atomic E-state index is 12.3. The van der Waals surface area contributed by atoms with Crippen molar-refractivity contribution in [3.63, 3.8) is 0 Å². The molecule has 1 unspecified atom stereocenters. The van der Waals surface area contributed by atoms with Crippen molar-refractivity contribution in [2.45, 2.75) is 17.1 Å². The number of amides is 1. The SMILES string of the molecule is COCCN(CC(=O)O)C(=O)C(C)Sc1ccccc1Cl. The lowest BCUT2D eigenvalue weighted by molar-refractivity contribution is -0.144. The zero-order valence-electron chi connectivity index (χ0n) is 11.9. The molecule has 21 heavy (non-hydrogen) atoms. The first kappa shape index (κ1) is 17.8. The number of rotatable bonds is 8. The number of ether oxygens (including phenoxy) is 1. The molecule has 0 fully saturated rings. The highest BCUT2D eigenvalue weighted by Gasteiger charge is 2.23. The molecule has 1 N–H and O–H groups in total. The first-order valence-corrected chi connectivity index (χ1v) is 7.62. The Bertz CT molecular complexity index is 498. The van der Waals surface area contributed by atoms with E-state index in [1.165, 1.54) is 23.8 Å². The van der Waals surface area contributed by atoms with Gasteiger partial charge in [0.05, 0.1) is 16.9 Å². The van der Waals surface area contributed by atoms with Crippen molar-refractivity contribution < 1.29 is 19.4 Å². The van der Waals surface area contributed by atoms with Crippen molar-refractivity contribution in [1.29, 1.82) is 0 Å². The molecule has 116 valence electrons. The van der Waals surface area contributed by atoms with Crippen molar-refractivity contribution >= 4 is 35.2 Å². The van der Waals surface area contributed by atoms with Gasteiger partial charge in [-0.05, 0) is 19.1 Å². The van der Waals surface area contributed by atoms with Crippen LogP contribution in [0.3, 0.4) is 0 Å². The van der Waals surface area contributed by atoms with Crippen LogP contribution in [0.4, 0.5) is 0 Å². The summed E-state index contributed by atoms with van der Waals surface area (Å²) in [6, 6.07) is 7.23. The molecule has 0 aliphatic heterocycles. The Labute approximate surface area is 133 Å². The van der Waals surface area contributed by atoms with Crippen LogP contribution in [0.25, 0.3) is 0 Å². The molecule has 1 atom stereocenters. The quantitative estimate of drug-likeness (QED) is 0.741. The summed E-state index contributed by atoms with van der Waals surface area (Å²) in [7, 11) is 1.51. The van der Waals surface area contributed by atoms with Gasteiger partial charge >= 0.3 is 5.97 Å². The Kier molecular flexibility index (Phi) is 7.56. The number of nitrogens with zero attached hydrogens (tertiary/aromatic N) is 1. The summed E-state index contributed by atoms with van der Waals surface area (Å²) in [5.74, 6) is -1.30. The molecule has 0 aliphatic carbocycles. The Morgan fingerprint density at radius 1 is 1.43 bits per heavy atom. The molecular weight excluding hydrogens is 314 g/mol. The maximum absolute atomic E-state index is 12.3. The third-order valence-corrected chi connectivity index (χ3v) is 4.30. The smallest absolute Gasteiger partial charge is 0.323 e. The molecule has 7 heteroatoms. The zero-order valence-corrected chi connectivity index (χ0v) is 13.5. The van der Waals surface area contributed by atoms with Crippen molar-refractivity contribution in [3.05, 3.63) is 29.3 Å². The van der Waals surface area contributed by atoms with E-state index < -0.39 is 11.2 Å². The number of thioether (sulfide) groups is 1. The van der Waals surface area contributed by atoms with Gasteiger partial charge in [0.1, 0.15) is 6.54 Å². The van der Waals surface area contributed by atoms with E-state index in [2.05, 4.69) is 0 Å². The van der Waals surface area contributed by atoms with Crippen LogP contribution in [-0.2, 0) is 14.3 Å². The van der Waals surface area contributed by atoms with Crippen molar-refractivity contribution in [3.8, 4) is 0 Å². The number of carbonyl (C=O) groups excluding carboxylic acids is 1. The minimum absolute atomic E-state index is 0.245. The average molecular weight is 332 g/mol. The Morgan fingerprint density at radius 2 is 2.10 bits per heavy atom. The summed E-state index contributed by atoms with van der Waals surface area (Å²) in [5, 5.41) is 9.03. The van der Waals surface area contributed by atoms with E-state index in [1.807, 2.05) is 18.2 Å². The second-order valence-electron chi connectivity index (χ2n) is 4.34. The molecule has 0 aromatic heterocycles. The standard InChI is InChI=1S/C14H18ClNO4S/c1-10(21-12-6-4-3-5-11(12)15)14(19)16(7-8-20-2)9-13(17)18/h3-6,10H,7-9H2,1-2H3,(H,17,18). The molecule has 0 spiro atoms. The molecule has 1 rings (SSSR count). The summed E-state index contributed by atoms with van der Waals surface area (Å²) in [4.78, 5) is 25.3. The van der Waals surface area contributed by atoms with E-state index in [0.29, 0.717) is 11.6 Å². The van der Waals surface area contributed by atoms with Crippen LogP contribution >= 0.6 is 23.4 Å². The Hall–Kier alpha value is -1.24. The minimum atomic E-state index is -1.05. The lowest BCUT2D eigenvalue weighted by Crippen LogP contribution is -2.41. The van der Waals surface area contributed by atoms with Crippen molar-refractivity contribution in [2.24, 2.45) is 0 Å². The number of hydrogen-bond acceptors (Lipinski definition) is 4. The molecule has 0 saturated carbocycles. The van der Waals surface area contributed by atoms with Crippen LogP contribution in [0.15, 0.2) is 29.2 Å². The van der Waals surface area contributed by atoms with Gasteiger partial charge in [0.15, 0.2) is 0 Å². The van der Waals surface area contributed by atoms with Gasteiger partial charge in [-0.25, -0.2) is 0 Å². The number of aliphatic carboxylic acids is 1. The third kappa shape index (κ3) is 5.95. The van der Waals surface area contributed by atoms with Gasteiger partial charge in [0, 0.05) is 18.6 Å². The summed E-state index contributed by atoms with van der Waals surface area (Å²) in [6.45, 7) is 1.94. The normalized spacial score (nSPS) is 12.0. The molecule has 1 aromatic carbocycles. The van der Waals surface area contributed by atoms with Crippen LogP contribution in [0.2, 0.25) is 5.02 Å². The molecule has 5 nitrogen and oxygen atoms in total. The van der Waals surface area contributed by atoms with E-state index in [-0.39, 0.29) is 19.0 Å². The fraction of sp³-hybridized carbons (Fsp3) is 0.429. The topological polar surface area (TPSA) is 66.8 Å². The van der Waals surface area contributed by atoms with Gasteiger partial charge in [-0.1, -0.05) is 23.7 Å². The predicted octanol–water partition coefficient (Wildman–Crippen LogP) is 2.38. The fourth-order valence-corrected chi connectivity index (χ4v) is 2.91. The second kappa shape index (κ2) is 8.92. The van der Waals surface area contributed by atoms with Gasteiger partial charge in [0.2, 0.25) is 5.91 Å². The van der Waals surface area contributed by atoms with Crippen LogP contribution in [0.1, 0.15) is 6.92 Å².